The number of nitrogens with zero attached hydrogens (tertiary/aromatic N) is 1. The van der Waals surface area contributed by atoms with Crippen molar-refractivity contribution in [1.29, 1.82) is 0 Å². The maximum Gasteiger partial charge on any atom is 0.410 e. The van der Waals surface area contributed by atoms with Crippen molar-refractivity contribution in [2.75, 3.05) is 19.7 Å². The fourth-order valence-electron chi connectivity index (χ4n) is 2.10. The smallest absolute Gasteiger partial charge is 0.410 e. The molecule has 0 aliphatic carbocycles. The van der Waals surface area contributed by atoms with Crippen LogP contribution >= 0.6 is 11.6 Å². The molecule has 1 atom stereocenters. The quantitative estimate of drug-likeness (QED) is 0.794. The van der Waals surface area contributed by atoms with E-state index in [1.54, 1.807) is 11.0 Å². The molecule has 0 spiro atoms. The molecular formula is C14H24ClNO3. The molecule has 0 bridgehead atoms. The molecule has 1 aliphatic rings. The second kappa shape index (κ2) is 6.62. The van der Waals surface area contributed by atoms with Gasteiger partial charge in [-0.15, -0.1) is 0 Å². The third-order valence-electron chi connectivity index (χ3n) is 3.19. The summed E-state index contributed by atoms with van der Waals surface area (Å²) < 4.78 is 11.3. The Morgan fingerprint density at radius 1 is 1.47 bits per heavy atom. The summed E-state index contributed by atoms with van der Waals surface area (Å²) in [4.78, 5) is 13.7. The Balaban J connectivity index is 2.56. The molecule has 19 heavy (non-hydrogen) atoms. The minimum absolute atomic E-state index is 0.265. The van der Waals surface area contributed by atoms with Gasteiger partial charge in [-0.25, -0.2) is 4.79 Å². The third kappa shape index (κ3) is 5.03. The third-order valence-corrected chi connectivity index (χ3v) is 3.37. The van der Waals surface area contributed by atoms with Crippen molar-refractivity contribution in [1.82, 2.24) is 4.90 Å². The monoisotopic (exact) mass is 289 g/mol. The summed E-state index contributed by atoms with van der Waals surface area (Å²) in [5.74, 6) is 0. The van der Waals surface area contributed by atoms with Gasteiger partial charge in [0.05, 0.1) is 18.8 Å². The van der Waals surface area contributed by atoms with Gasteiger partial charge < -0.3 is 14.4 Å². The van der Waals surface area contributed by atoms with Crippen LogP contribution < -0.4 is 0 Å². The zero-order valence-corrected chi connectivity index (χ0v) is 13.0. The van der Waals surface area contributed by atoms with Crippen molar-refractivity contribution in [3.05, 3.63) is 11.6 Å². The molecule has 0 radical (unpaired) electrons. The molecule has 110 valence electrons. The molecule has 1 rings (SSSR count). The molecule has 1 unspecified atom stereocenters. The van der Waals surface area contributed by atoms with Crippen molar-refractivity contribution < 1.29 is 14.3 Å². The number of rotatable bonds is 4. The van der Waals surface area contributed by atoms with Crippen LogP contribution in [0.3, 0.4) is 0 Å². The highest BCUT2D eigenvalue weighted by atomic mass is 35.5. The Kier molecular flexibility index (Phi) is 5.68. The Labute approximate surface area is 120 Å². The van der Waals surface area contributed by atoms with Gasteiger partial charge in [-0.3, -0.25) is 0 Å². The molecule has 0 N–H and O–H groups in total. The fourth-order valence-corrected chi connectivity index (χ4v) is 2.17. The molecule has 4 nitrogen and oxygen atoms in total. The molecule has 0 saturated carbocycles. The van der Waals surface area contributed by atoms with E-state index in [0.29, 0.717) is 19.7 Å². The van der Waals surface area contributed by atoms with Crippen LogP contribution in [0.1, 0.15) is 40.5 Å². The minimum atomic E-state index is -0.462. The van der Waals surface area contributed by atoms with E-state index in [4.69, 9.17) is 21.1 Å². The molecule has 0 aromatic rings. The van der Waals surface area contributed by atoms with Crippen LogP contribution in [0.4, 0.5) is 4.79 Å². The Bertz CT molecular complexity index is 338. The zero-order chi connectivity index (χ0) is 14.5. The van der Waals surface area contributed by atoms with E-state index in [0.717, 1.165) is 12.8 Å². The van der Waals surface area contributed by atoms with E-state index in [-0.39, 0.29) is 11.7 Å². The van der Waals surface area contributed by atoms with Gasteiger partial charge in [0.1, 0.15) is 5.60 Å². The number of halogens is 1. The lowest BCUT2D eigenvalue weighted by Gasteiger charge is -2.29. The largest absolute Gasteiger partial charge is 0.444 e. The lowest BCUT2D eigenvalue weighted by Crippen LogP contribution is -2.40. The first kappa shape index (κ1) is 16.3. The minimum Gasteiger partial charge on any atom is -0.444 e. The Morgan fingerprint density at radius 2 is 2.16 bits per heavy atom. The van der Waals surface area contributed by atoms with Crippen LogP contribution in [0.5, 0.6) is 0 Å². The molecular weight excluding hydrogens is 266 g/mol. The van der Waals surface area contributed by atoms with Gasteiger partial charge in [0, 0.05) is 12.1 Å². The van der Waals surface area contributed by atoms with Gasteiger partial charge in [0.2, 0.25) is 0 Å². The summed E-state index contributed by atoms with van der Waals surface area (Å²) in [5, 5.41) is 0. The first-order valence-electron chi connectivity index (χ1n) is 6.69. The van der Waals surface area contributed by atoms with Crippen LogP contribution in [-0.2, 0) is 9.47 Å². The van der Waals surface area contributed by atoms with Crippen molar-refractivity contribution in [2.24, 2.45) is 0 Å². The topological polar surface area (TPSA) is 38.8 Å². The molecule has 1 amide bonds. The normalized spacial score (nSPS) is 24.2. The fraction of sp³-hybridized carbons (Fsp3) is 0.786. The average Bonchev–Trinajstić information content (AvgIpc) is 2.73. The van der Waals surface area contributed by atoms with E-state index in [1.807, 2.05) is 20.8 Å². The summed E-state index contributed by atoms with van der Waals surface area (Å²) in [6, 6.07) is 0. The highest BCUT2D eigenvalue weighted by Crippen LogP contribution is 2.29. The van der Waals surface area contributed by atoms with Crippen LogP contribution in [0, 0.1) is 0 Å². The number of ether oxygens (including phenoxy) is 2. The summed E-state index contributed by atoms with van der Waals surface area (Å²) in [6.07, 6.45) is 3.19. The van der Waals surface area contributed by atoms with Crippen LogP contribution in [0.2, 0.25) is 0 Å². The molecule has 0 aromatic carbocycles. The summed E-state index contributed by atoms with van der Waals surface area (Å²) in [6.45, 7) is 9.41. The SMILES string of the molecule is CCC1(OC/C=C/Cl)CCN(C(=O)OC(C)(C)C)C1. The van der Waals surface area contributed by atoms with Crippen molar-refractivity contribution in [3.8, 4) is 0 Å². The molecule has 1 saturated heterocycles. The Morgan fingerprint density at radius 3 is 2.68 bits per heavy atom. The van der Waals surface area contributed by atoms with Gasteiger partial charge in [-0.05, 0) is 39.7 Å². The van der Waals surface area contributed by atoms with Gasteiger partial charge in [0.25, 0.3) is 0 Å². The van der Waals surface area contributed by atoms with Gasteiger partial charge in [-0.1, -0.05) is 18.5 Å². The lowest BCUT2D eigenvalue weighted by molar-refractivity contribution is -0.0291. The van der Waals surface area contributed by atoms with E-state index >= 15 is 0 Å². The summed E-state index contributed by atoms with van der Waals surface area (Å²) in [5.41, 5.74) is 0.716. The first-order valence-corrected chi connectivity index (χ1v) is 7.13. The molecule has 1 fully saturated rings. The number of likely N-dealkylation sites (tertiary alicyclic amines) is 1. The van der Waals surface area contributed by atoms with Gasteiger partial charge >= 0.3 is 6.09 Å². The maximum absolute atomic E-state index is 12.0. The highest BCUT2D eigenvalue weighted by Gasteiger charge is 2.40. The average molecular weight is 290 g/mol. The highest BCUT2D eigenvalue weighted by molar-refractivity contribution is 6.25. The summed E-state index contributed by atoms with van der Waals surface area (Å²) >= 11 is 5.48. The second-order valence-corrected chi connectivity index (χ2v) is 6.11. The standard InChI is InChI=1S/C14H24ClNO3/c1-5-14(18-10-6-8-15)7-9-16(11-14)12(17)19-13(2,3)4/h6,8H,5,7,9-11H2,1-4H3/b8-6+. The van der Waals surface area contributed by atoms with Crippen LogP contribution in [-0.4, -0.2) is 41.9 Å². The number of amides is 1. The van der Waals surface area contributed by atoms with E-state index < -0.39 is 5.60 Å². The number of carbonyl (C=O) groups excluding carboxylic acids is 1. The predicted molar refractivity (Wildman–Crippen MR) is 76.4 cm³/mol. The maximum atomic E-state index is 12.0. The van der Waals surface area contributed by atoms with E-state index in [1.165, 1.54) is 5.54 Å². The van der Waals surface area contributed by atoms with Crippen molar-refractivity contribution >= 4 is 17.7 Å². The lowest BCUT2D eigenvalue weighted by atomic mass is 10.00. The first-order chi connectivity index (χ1) is 8.82. The van der Waals surface area contributed by atoms with Gasteiger partial charge in [-0.2, -0.15) is 0 Å². The Hall–Kier alpha value is -0.740. The molecule has 1 heterocycles. The molecule has 0 aromatic heterocycles. The second-order valence-electron chi connectivity index (χ2n) is 5.86. The van der Waals surface area contributed by atoms with Crippen molar-refractivity contribution in [3.63, 3.8) is 0 Å². The molecule has 5 heteroatoms. The number of hydrogen-bond donors (Lipinski definition) is 0. The van der Waals surface area contributed by atoms with E-state index in [2.05, 4.69) is 6.92 Å². The predicted octanol–water partition coefficient (Wildman–Crippen LogP) is 3.55. The number of carbonyl (C=O) groups is 1. The van der Waals surface area contributed by atoms with Gasteiger partial charge in [0.15, 0.2) is 0 Å². The van der Waals surface area contributed by atoms with Crippen LogP contribution in [0.25, 0.3) is 0 Å². The number of hydrogen-bond acceptors (Lipinski definition) is 3. The van der Waals surface area contributed by atoms with E-state index in [9.17, 15) is 4.79 Å². The molecule has 1 aliphatic heterocycles. The zero-order valence-electron chi connectivity index (χ0n) is 12.2. The summed E-state index contributed by atoms with van der Waals surface area (Å²) in [7, 11) is 0. The van der Waals surface area contributed by atoms with Crippen molar-refractivity contribution in [2.45, 2.75) is 51.7 Å². The van der Waals surface area contributed by atoms with Crippen LogP contribution in [0.15, 0.2) is 11.6 Å².